The first kappa shape index (κ1) is 9.37. The van der Waals surface area contributed by atoms with E-state index >= 15 is 0 Å². The summed E-state index contributed by atoms with van der Waals surface area (Å²) in [7, 11) is 0. The molecule has 0 amide bonds. The molecule has 0 aliphatic rings. The minimum Gasteiger partial charge on any atom is -0.213 e. The van der Waals surface area contributed by atoms with E-state index in [1.165, 1.54) is 12.8 Å². The van der Waals surface area contributed by atoms with E-state index in [-0.39, 0.29) is 0 Å². The topological polar surface area (TPSA) is 17.1 Å². The van der Waals surface area contributed by atoms with Crippen molar-refractivity contribution in [3.63, 3.8) is 0 Å². The van der Waals surface area contributed by atoms with Gasteiger partial charge in [-0.3, -0.25) is 0 Å². The van der Waals surface area contributed by atoms with Gasteiger partial charge in [-0.2, -0.15) is 0 Å². The van der Waals surface area contributed by atoms with E-state index in [0.717, 1.165) is 18.2 Å². The minimum atomic E-state index is 0.573. The molecule has 0 rings (SSSR count). The second-order valence-corrected chi connectivity index (χ2v) is 3.12. The molecule has 0 aromatic heterocycles. The minimum absolute atomic E-state index is 0.573. The van der Waals surface area contributed by atoms with Crippen LogP contribution in [0.25, 0.3) is 0 Å². The standard InChI is InChI=1S/C6H11BrOS/c7-5-3-1-2-4-6-9-8/h6H,1-5H2. The lowest BCUT2D eigenvalue weighted by atomic mass is 10.2. The van der Waals surface area contributed by atoms with Gasteiger partial charge in [0.15, 0.2) is 0 Å². The predicted octanol–water partition coefficient (Wildman–Crippen LogP) is 1.96. The normalized spacial score (nSPS) is 9.00. The van der Waals surface area contributed by atoms with Crippen molar-refractivity contribution in [2.75, 3.05) is 5.33 Å². The maximum atomic E-state index is 9.81. The molecule has 0 aromatic rings. The van der Waals surface area contributed by atoms with Crippen molar-refractivity contribution in [2.45, 2.75) is 25.7 Å². The lowest BCUT2D eigenvalue weighted by Crippen LogP contribution is -1.78. The van der Waals surface area contributed by atoms with Gasteiger partial charge in [-0.25, -0.2) is 4.21 Å². The molecular formula is C6H11BrOS. The third-order valence-electron chi connectivity index (χ3n) is 1.02. The summed E-state index contributed by atoms with van der Waals surface area (Å²) < 4.78 is 9.81. The summed E-state index contributed by atoms with van der Waals surface area (Å²) in [5.41, 5.74) is 0. The van der Waals surface area contributed by atoms with E-state index in [1.54, 1.807) is 5.37 Å². The monoisotopic (exact) mass is 210 g/mol. The zero-order valence-electron chi connectivity index (χ0n) is 5.31. The molecule has 9 heavy (non-hydrogen) atoms. The molecule has 0 aliphatic heterocycles. The van der Waals surface area contributed by atoms with Crippen molar-refractivity contribution in [1.82, 2.24) is 0 Å². The van der Waals surface area contributed by atoms with Crippen LogP contribution in [0.3, 0.4) is 0 Å². The van der Waals surface area contributed by atoms with Crippen LogP contribution in [0.15, 0.2) is 0 Å². The van der Waals surface area contributed by atoms with Crippen LogP contribution in [0.2, 0.25) is 0 Å². The largest absolute Gasteiger partial charge is 0.213 e. The van der Waals surface area contributed by atoms with Crippen LogP contribution in [-0.4, -0.2) is 14.9 Å². The van der Waals surface area contributed by atoms with Gasteiger partial charge in [0.25, 0.3) is 0 Å². The summed E-state index contributed by atoms with van der Waals surface area (Å²) in [6.07, 6.45) is 4.56. The van der Waals surface area contributed by atoms with Crippen LogP contribution in [0.1, 0.15) is 25.7 Å². The van der Waals surface area contributed by atoms with E-state index in [2.05, 4.69) is 15.9 Å². The molecule has 0 unspecified atom stereocenters. The molecule has 0 aliphatic carbocycles. The number of unbranched alkanes of at least 4 members (excludes halogenated alkanes) is 3. The van der Waals surface area contributed by atoms with Gasteiger partial charge in [-0.15, -0.1) is 0 Å². The fraction of sp³-hybridized carbons (Fsp3) is 0.833. The SMILES string of the molecule is O=S=CCCCCCBr. The van der Waals surface area contributed by atoms with Crippen LogP contribution >= 0.6 is 15.9 Å². The van der Waals surface area contributed by atoms with Crippen LogP contribution < -0.4 is 0 Å². The first-order valence-corrected chi connectivity index (χ1v) is 5.00. The van der Waals surface area contributed by atoms with E-state index in [0.29, 0.717) is 11.3 Å². The summed E-state index contributed by atoms with van der Waals surface area (Å²) in [4.78, 5) is 0. The van der Waals surface area contributed by atoms with Gasteiger partial charge in [0, 0.05) is 10.7 Å². The van der Waals surface area contributed by atoms with Gasteiger partial charge in [-0.05, 0) is 19.3 Å². The molecule has 0 N–H and O–H groups in total. The first-order chi connectivity index (χ1) is 4.41. The summed E-state index contributed by atoms with van der Waals surface area (Å²) in [5.74, 6) is 0. The van der Waals surface area contributed by atoms with E-state index in [4.69, 9.17) is 0 Å². The average Bonchev–Trinajstić information content (AvgIpc) is 1.89. The fourth-order valence-electron chi connectivity index (χ4n) is 0.547. The quantitative estimate of drug-likeness (QED) is 0.386. The number of rotatable bonds is 5. The average molecular weight is 211 g/mol. The Morgan fingerprint density at radius 2 is 2.11 bits per heavy atom. The molecule has 0 atom stereocenters. The second-order valence-electron chi connectivity index (χ2n) is 1.80. The second kappa shape index (κ2) is 8.37. The zero-order chi connectivity index (χ0) is 6.95. The third-order valence-corrected chi connectivity index (χ3v) is 1.96. The molecule has 0 saturated heterocycles. The highest BCUT2D eigenvalue weighted by Gasteiger charge is 1.83. The Labute approximate surface area is 68.0 Å². The predicted molar refractivity (Wildman–Crippen MR) is 46.5 cm³/mol. The van der Waals surface area contributed by atoms with Crippen LogP contribution in [0.5, 0.6) is 0 Å². The number of halogens is 1. The fourth-order valence-corrected chi connectivity index (χ4v) is 1.21. The Kier molecular flexibility index (Phi) is 8.71. The van der Waals surface area contributed by atoms with Crippen LogP contribution in [-0.2, 0) is 11.3 Å². The van der Waals surface area contributed by atoms with Crippen LogP contribution in [0.4, 0.5) is 0 Å². The lowest BCUT2D eigenvalue weighted by Gasteiger charge is -1.90. The van der Waals surface area contributed by atoms with Crippen molar-refractivity contribution in [3.05, 3.63) is 0 Å². The van der Waals surface area contributed by atoms with E-state index in [1.807, 2.05) is 0 Å². The van der Waals surface area contributed by atoms with E-state index in [9.17, 15) is 4.21 Å². The van der Waals surface area contributed by atoms with Gasteiger partial charge in [0.05, 0.1) is 11.3 Å². The zero-order valence-corrected chi connectivity index (χ0v) is 7.71. The molecule has 1 nitrogen and oxygen atoms in total. The molecule has 0 bridgehead atoms. The molecular weight excluding hydrogens is 200 g/mol. The van der Waals surface area contributed by atoms with Crippen molar-refractivity contribution in [2.24, 2.45) is 0 Å². The van der Waals surface area contributed by atoms with Crippen LogP contribution in [0, 0.1) is 0 Å². The summed E-state index contributed by atoms with van der Waals surface area (Å²) in [6, 6.07) is 0. The molecule has 0 heterocycles. The number of hydrogen-bond donors (Lipinski definition) is 0. The maximum Gasteiger partial charge on any atom is 0.0841 e. The van der Waals surface area contributed by atoms with Crippen molar-refractivity contribution >= 4 is 32.6 Å². The summed E-state index contributed by atoms with van der Waals surface area (Å²) >= 11 is 3.91. The highest BCUT2D eigenvalue weighted by atomic mass is 79.9. The molecule has 0 spiro atoms. The van der Waals surface area contributed by atoms with Gasteiger partial charge >= 0.3 is 0 Å². The maximum absolute atomic E-state index is 9.81. The highest BCUT2D eigenvalue weighted by molar-refractivity contribution is 9.09. The van der Waals surface area contributed by atoms with Crippen molar-refractivity contribution in [1.29, 1.82) is 0 Å². The Morgan fingerprint density at radius 1 is 1.33 bits per heavy atom. The van der Waals surface area contributed by atoms with Gasteiger partial charge in [-0.1, -0.05) is 22.4 Å². The molecule has 54 valence electrons. The molecule has 0 aromatic carbocycles. The smallest absolute Gasteiger partial charge is 0.0841 e. The Balaban J connectivity index is 2.82. The van der Waals surface area contributed by atoms with Gasteiger partial charge in [0.2, 0.25) is 0 Å². The highest BCUT2D eigenvalue weighted by Crippen LogP contribution is 1.99. The number of hydrogen-bond acceptors (Lipinski definition) is 1. The Hall–Kier alpha value is 0.370. The molecule has 0 saturated carbocycles. The number of alkyl halides is 1. The van der Waals surface area contributed by atoms with Crippen molar-refractivity contribution in [3.8, 4) is 0 Å². The summed E-state index contributed by atoms with van der Waals surface area (Å²) in [5, 5.41) is 2.80. The summed E-state index contributed by atoms with van der Waals surface area (Å²) in [6.45, 7) is 0. The molecule has 0 fully saturated rings. The van der Waals surface area contributed by atoms with Gasteiger partial charge in [0.1, 0.15) is 0 Å². The third kappa shape index (κ3) is 8.37. The first-order valence-electron chi connectivity index (χ1n) is 3.08. The molecule has 0 radical (unpaired) electrons. The van der Waals surface area contributed by atoms with E-state index < -0.39 is 0 Å². The molecule has 3 heteroatoms. The lowest BCUT2D eigenvalue weighted by molar-refractivity contribution is 0.700. The van der Waals surface area contributed by atoms with Crippen molar-refractivity contribution < 1.29 is 4.21 Å². The Morgan fingerprint density at radius 3 is 2.67 bits per heavy atom. The van der Waals surface area contributed by atoms with Gasteiger partial charge < -0.3 is 0 Å². The Bertz CT molecular complexity index is 99.2.